The summed E-state index contributed by atoms with van der Waals surface area (Å²) in [5, 5.41) is 5.71. The van der Waals surface area contributed by atoms with Gasteiger partial charge in [0.2, 0.25) is 11.8 Å². The molecule has 1 aromatic carbocycles. The van der Waals surface area contributed by atoms with Crippen molar-refractivity contribution >= 4 is 23.6 Å². The van der Waals surface area contributed by atoms with Crippen molar-refractivity contribution in [2.24, 2.45) is 11.8 Å². The highest BCUT2D eigenvalue weighted by molar-refractivity contribution is 6.23. The molecular formula is C22H26N4O4. The van der Waals surface area contributed by atoms with Crippen molar-refractivity contribution in [3.63, 3.8) is 0 Å². The molecule has 1 aromatic rings. The van der Waals surface area contributed by atoms with Crippen LogP contribution in [0.15, 0.2) is 18.2 Å². The zero-order valence-electron chi connectivity index (χ0n) is 16.9. The Morgan fingerprint density at radius 3 is 2.63 bits per heavy atom. The number of nitrogens with one attached hydrogen (secondary N) is 2. The average Bonchev–Trinajstić information content (AvgIpc) is 2.98. The number of hydrogen-bond acceptors (Lipinski definition) is 6. The van der Waals surface area contributed by atoms with Gasteiger partial charge in [0.25, 0.3) is 11.8 Å². The van der Waals surface area contributed by atoms with Crippen LogP contribution >= 0.6 is 0 Å². The maximum absolute atomic E-state index is 13.0. The Bertz CT molecular complexity index is 930. The van der Waals surface area contributed by atoms with Gasteiger partial charge >= 0.3 is 0 Å². The molecule has 0 saturated carbocycles. The van der Waals surface area contributed by atoms with Crippen molar-refractivity contribution in [3.05, 3.63) is 34.9 Å². The van der Waals surface area contributed by atoms with Crippen molar-refractivity contribution < 1.29 is 19.2 Å². The first-order valence-electron chi connectivity index (χ1n) is 10.8. The second kappa shape index (κ2) is 7.59. The van der Waals surface area contributed by atoms with Gasteiger partial charge in [0.05, 0.1) is 11.1 Å². The summed E-state index contributed by atoms with van der Waals surface area (Å²) in [5.74, 6) is -0.361. The minimum atomic E-state index is -0.920. The van der Waals surface area contributed by atoms with Crippen molar-refractivity contribution in [2.45, 2.75) is 38.3 Å². The lowest BCUT2D eigenvalue weighted by Gasteiger charge is -2.41. The lowest BCUT2D eigenvalue weighted by atomic mass is 9.81. The van der Waals surface area contributed by atoms with Crippen LogP contribution in [0.3, 0.4) is 0 Å². The summed E-state index contributed by atoms with van der Waals surface area (Å²) in [6, 6.07) is 4.48. The van der Waals surface area contributed by atoms with Gasteiger partial charge in [0, 0.05) is 19.5 Å². The van der Waals surface area contributed by atoms with Crippen LogP contribution in [-0.2, 0) is 16.1 Å². The first-order valence-corrected chi connectivity index (χ1v) is 10.8. The summed E-state index contributed by atoms with van der Waals surface area (Å²) in [6.45, 7) is 5.03. The Balaban J connectivity index is 1.31. The first kappa shape index (κ1) is 19.4. The normalized spacial score (nSPS) is 29.6. The number of hydrogen-bond donors (Lipinski definition) is 2. The van der Waals surface area contributed by atoms with Crippen LogP contribution in [0.1, 0.15) is 52.0 Å². The van der Waals surface area contributed by atoms with Crippen LogP contribution in [0.5, 0.6) is 0 Å². The van der Waals surface area contributed by atoms with Crippen LogP contribution in [0.25, 0.3) is 0 Å². The highest BCUT2D eigenvalue weighted by Gasteiger charge is 2.44. The fourth-order valence-corrected chi connectivity index (χ4v) is 5.36. The second-order valence-electron chi connectivity index (χ2n) is 8.86. The van der Waals surface area contributed by atoms with Gasteiger partial charge in [-0.2, -0.15) is 0 Å². The highest BCUT2D eigenvalue weighted by atomic mass is 16.2. The molecule has 3 unspecified atom stereocenters. The smallest absolute Gasteiger partial charge is 0.262 e. The van der Waals surface area contributed by atoms with Crippen LogP contribution in [0, 0.1) is 11.8 Å². The summed E-state index contributed by atoms with van der Waals surface area (Å²) in [7, 11) is 0. The fraction of sp³-hybridized carbons (Fsp3) is 0.545. The van der Waals surface area contributed by atoms with Crippen molar-refractivity contribution in [1.29, 1.82) is 0 Å². The third kappa shape index (κ3) is 3.33. The first-order chi connectivity index (χ1) is 14.5. The van der Waals surface area contributed by atoms with Gasteiger partial charge < -0.3 is 5.32 Å². The van der Waals surface area contributed by atoms with Gasteiger partial charge in [-0.25, -0.2) is 0 Å². The highest BCUT2D eigenvalue weighted by Crippen LogP contribution is 2.31. The summed E-state index contributed by atoms with van der Waals surface area (Å²) >= 11 is 0. The molecule has 5 rings (SSSR count). The van der Waals surface area contributed by atoms with Gasteiger partial charge in [-0.3, -0.25) is 34.3 Å². The zero-order chi connectivity index (χ0) is 20.8. The molecule has 2 N–H and O–H groups in total. The predicted molar refractivity (Wildman–Crippen MR) is 107 cm³/mol. The van der Waals surface area contributed by atoms with E-state index >= 15 is 0 Å². The molecule has 4 heterocycles. The maximum Gasteiger partial charge on any atom is 0.262 e. The summed E-state index contributed by atoms with van der Waals surface area (Å²) < 4.78 is 0. The van der Waals surface area contributed by atoms with Gasteiger partial charge in [-0.15, -0.1) is 0 Å². The summed E-state index contributed by atoms with van der Waals surface area (Å²) in [6.07, 6.45) is 2.76. The lowest BCUT2D eigenvalue weighted by Crippen LogP contribution is -2.54. The number of nitrogens with zero attached hydrogens (tertiary/aromatic N) is 2. The molecule has 4 aliphatic rings. The van der Waals surface area contributed by atoms with Gasteiger partial charge in [0.1, 0.15) is 6.04 Å². The number of benzene rings is 1. The zero-order valence-corrected chi connectivity index (χ0v) is 16.9. The minimum Gasteiger partial charge on any atom is -0.316 e. The number of fused-ring (bicyclic) bond motifs is 2. The average molecular weight is 410 g/mol. The van der Waals surface area contributed by atoms with Crippen LogP contribution in [0.2, 0.25) is 0 Å². The van der Waals surface area contributed by atoms with Crippen molar-refractivity contribution in [3.8, 4) is 0 Å². The van der Waals surface area contributed by atoms with Gasteiger partial charge in [-0.1, -0.05) is 6.07 Å². The Hall–Kier alpha value is -2.58. The molecule has 0 aromatic heterocycles. The molecule has 4 aliphatic heterocycles. The second-order valence-corrected chi connectivity index (χ2v) is 8.86. The van der Waals surface area contributed by atoms with Gasteiger partial charge in [0.15, 0.2) is 0 Å². The van der Waals surface area contributed by atoms with Crippen LogP contribution < -0.4 is 10.6 Å². The molecule has 3 fully saturated rings. The van der Waals surface area contributed by atoms with E-state index in [1.807, 2.05) is 6.07 Å². The quantitative estimate of drug-likeness (QED) is 0.705. The van der Waals surface area contributed by atoms with E-state index in [1.54, 1.807) is 12.1 Å². The van der Waals surface area contributed by atoms with Crippen molar-refractivity contribution in [2.75, 3.05) is 26.2 Å². The van der Waals surface area contributed by atoms with E-state index in [1.165, 1.54) is 12.8 Å². The van der Waals surface area contributed by atoms with Gasteiger partial charge in [-0.05, 0) is 68.4 Å². The topological polar surface area (TPSA) is 98.8 Å². The van der Waals surface area contributed by atoms with Crippen LogP contribution in [0.4, 0.5) is 0 Å². The molecule has 4 amide bonds. The van der Waals surface area contributed by atoms with E-state index < -0.39 is 23.8 Å². The minimum absolute atomic E-state index is 0.126. The van der Waals surface area contributed by atoms with E-state index in [9.17, 15) is 19.2 Å². The number of piperidine rings is 3. The van der Waals surface area contributed by atoms with Crippen molar-refractivity contribution in [1.82, 2.24) is 20.4 Å². The molecular weight excluding hydrogens is 384 g/mol. The molecule has 3 saturated heterocycles. The molecule has 158 valence electrons. The molecule has 3 atom stereocenters. The molecule has 0 aliphatic carbocycles. The molecule has 0 radical (unpaired) electrons. The van der Waals surface area contributed by atoms with Crippen LogP contribution in [-0.4, -0.2) is 65.6 Å². The molecule has 30 heavy (non-hydrogen) atoms. The molecule has 0 bridgehead atoms. The number of carbonyl (C=O) groups is 4. The Morgan fingerprint density at radius 2 is 1.80 bits per heavy atom. The summed E-state index contributed by atoms with van der Waals surface area (Å²) in [4.78, 5) is 52.8. The largest absolute Gasteiger partial charge is 0.316 e. The van der Waals surface area contributed by atoms with E-state index in [0.29, 0.717) is 17.0 Å². The number of rotatable bonds is 3. The third-order valence-electron chi connectivity index (χ3n) is 6.98. The van der Waals surface area contributed by atoms with E-state index in [2.05, 4.69) is 15.5 Å². The summed E-state index contributed by atoms with van der Waals surface area (Å²) in [5.41, 5.74) is 1.70. The third-order valence-corrected chi connectivity index (χ3v) is 6.98. The molecule has 8 heteroatoms. The molecule has 8 nitrogen and oxygen atoms in total. The van der Waals surface area contributed by atoms with E-state index in [-0.39, 0.29) is 18.7 Å². The lowest BCUT2D eigenvalue weighted by molar-refractivity contribution is -0.136. The Morgan fingerprint density at radius 1 is 0.967 bits per heavy atom. The predicted octanol–water partition coefficient (Wildman–Crippen LogP) is 0.519. The monoisotopic (exact) mass is 410 g/mol. The number of likely N-dealkylation sites (tertiary alicyclic amines) is 1. The Labute approximate surface area is 175 Å². The number of imide groups is 2. The molecule has 0 spiro atoms. The van der Waals surface area contributed by atoms with E-state index in [4.69, 9.17) is 0 Å². The Kier molecular flexibility index (Phi) is 4.91. The standard InChI is InChI=1S/C22H26N4O4/c27-19-4-3-18(20(28)24-19)26-21(29)16-2-1-13(9-17(16)22(26)30)11-25-8-6-14-5-7-23-10-15(14)12-25/h1-2,9,14-15,18,23H,3-8,10-12H2,(H,24,27,28). The fourth-order valence-electron chi connectivity index (χ4n) is 5.36. The number of carbonyl (C=O) groups excluding carboxylic acids is 4. The maximum atomic E-state index is 13.0. The SMILES string of the molecule is O=C1CCC(N2C(=O)c3ccc(CN4CCC5CCNCC5C4)cc3C2=O)C(=O)N1. The van der Waals surface area contributed by atoms with E-state index in [0.717, 1.165) is 49.1 Å². The number of amides is 4.